The van der Waals surface area contributed by atoms with E-state index in [2.05, 4.69) is 13.8 Å². The molecule has 0 aliphatic rings. The minimum atomic E-state index is 0.153. The van der Waals surface area contributed by atoms with E-state index in [0.29, 0.717) is 0 Å². The van der Waals surface area contributed by atoms with Crippen LogP contribution in [0, 0.1) is 0 Å². The Kier molecular flexibility index (Phi) is 6.75. The highest BCUT2D eigenvalue weighted by Gasteiger charge is 2.01. The Morgan fingerprint density at radius 1 is 0.824 bits per heavy atom. The molecule has 3 nitrogen and oxygen atoms in total. The molecule has 0 bridgehead atoms. The zero-order valence-corrected chi connectivity index (χ0v) is 11.3. The van der Waals surface area contributed by atoms with Crippen LogP contribution in [0.2, 0.25) is 0 Å². The van der Waals surface area contributed by atoms with Crippen LogP contribution in [0.15, 0.2) is 17.2 Å². The van der Waals surface area contributed by atoms with Crippen molar-refractivity contribution in [2.45, 2.75) is 71.9 Å². The van der Waals surface area contributed by atoms with Gasteiger partial charge < -0.3 is 0 Å². The average Bonchev–Trinajstić information content (AvgIpc) is 2.67. The van der Waals surface area contributed by atoms with Gasteiger partial charge in [0.25, 0.3) is 0 Å². The second kappa shape index (κ2) is 8.15. The highest BCUT2D eigenvalue weighted by Crippen LogP contribution is 2.05. The molecule has 3 heteroatoms. The summed E-state index contributed by atoms with van der Waals surface area (Å²) in [6.45, 7) is 6.04. The Balaban J connectivity index is 2.25. The number of unbranched alkanes of at least 4 members (excludes halogenated alkanes) is 5. The van der Waals surface area contributed by atoms with Crippen LogP contribution in [-0.2, 0) is 13.1 Å². The van der Waals surface area contributed by atoms with Crippen molar-refractivity contribution in [3.63, 3.8) is 0 Å². The van der Waals surface area contributed by atoms with Gasteiger partial charge in [0, 0.05) is 25.5 Å². The first-order valence-electron chi connectivity index (χ1n) is 7.05. The lowest BCUT2D eigenvalue weighted by Crippen LogP contribution is -2.24. The van der Waals surface area contributed by atoms with E-state index in [1.165, 1.54) is 32.1 Å². The number of hydrogen-bond donors (Lipinski definition) is 0. The van der Waals surface area contributed by atoms with Gasteiger partial charge in [-0.15, -0.1) is 0 Å². The molecule has 0 aromatic carbocycles. The van der Waals surface area contributed by atoms with E-state index in [4.69, 9.17) is 0 Å². The van der Waals surface area contributed by atoms with Gasteiger partial charge >= 0.3 is 5.69 Å². The van der Waals surface area contributed by atoms with Crippen LogP contribution < -0.4 is 5.69 Å². The third kappa shape index (κ3) is 4.80. The number of hydrogen-bond acceptors (Lipinski definition) is 1. The van der Waals surface area contributed by atoms with Gasteiger partial charge in [-0.3, -0.25) is 9.13 Å². The molecule has 1 rings (SSSR count). The molecule has 0 saturated carbocycles. The monoisotopic (exact) mass is 238 g/mol. The van der Waals surface area contributed by atoms with Crippen LogP contribution in [0.4, 0.5) is 0 Å². The van der Waals surface area contributed by atoms with Gasteiger partial charge in [0.1, 0.15) is 0 Å². The van der Waals surface area contributed by atoms with Crippen molar-refractivity contribution in [1.82, 2.24) is 9.13 Å². The summed E-state index contributed by atoms with van der Waals surface area (Å²) in [5.41, 5.74) is 0.153. The summed E-state index contributed by atoms with van der Waals surface area (Å²) >= 11 is 0. The van der Waals surface area contributed by atoms with Gasteiger partial charge in [0.05, 0.1) is 0 Å². The van der Waals surface area contributed by atoms with Crippen LogP contribution in [0.5, 0.6) is 0 Å². The molecule has 0 radical (unpaired) electrons. The molecule has 0 spiro atoms. The molecule has 0 aliphatic heterocycles. The largest absolute Gasteiger partial charge is 0.328 e. The van der Waals surface area contributed by atoms with Crippen molar-refractivity contribution in [1.29, 1.82) is 0 Å². The van der Waals surface area contributed by atoms with Gasteiger partial charge in [0.15, 0.2) is 0 Å². The summed E-state index contributed by atoms with van der Waals surface area (Å²) < 4.78 is 3.65. The van der Waals surface area contributed by atoms with E-state index >= 15 is 0 Å². The van der Waals surface area contributed by atoms with Crippen molar-refractivity contribution in [2.75, 3.05) is 0 Å². The topological polar surface area (TPSA) is 26.9 Å². The molecular formula is C14H26N2O. The van der Waals surface area contributed by atoms with Crippen LogP contribution in [0.3, 0.4) is 0 Å². The van der Waals surface area contributed by atoms with Crippen molar-refractivity contribution in [3.8, 4) is 0 Å². The van der Waals surface area contributed by atoms with E-state index in [9.17, 15) is 4.79 Å². The van der Waals surface area contributed by atoms with E-state index in [-0.39, 0.29) is 5.69 Å². The molecular weight excluding hydrogens is 212 g/mol. The minimum Gasteiger partial charge on any atom is -0.299 e. The van der Waals surface area contributed by atoms with Crippen molar-refractivity contribution < 1.29 is 0 Å². The predicted octanol–water partition coefficient (Wildman–Crippen LogP) is 3.42. The smallest absolute Gasteiger partial charge is 0.299 e. The number of aryl methyl sites for hydroxylation is 2. The molecule has 1 heterocycles. The maximum atomic E-state index is 11.9. The summed E-state index contributed by atoms with van der Waals surface area (Å²) in [6.07, 6.45) is 12.5. The standard InChI is InChI=1S/C14H26N2O/c1-3-5-6-7-8-9-11-16-13-12-15(10-4-2)14(16)17/h12-13H,3-11H2,1-2H3. The fourth-order valence-corrected chi connectivity index (χ4v) is 2.10. The zero-order chi connectivity index (χ0) is 12.5. The van der Waals surface area contributed by atoms with Crippen molar-refractivity contribution in [3.05, 3.63) is 22.9 Å². The molecule has 0 saturated heterocycles. The van der Waals surface area contributed by atoms with E-state index < -0.39 is 0 Å². The third-order valence-electron chi connectivity index (χ3n) is 3.14. The molecule has 0 unspecified atom stereocenters. The average molecular weight is 238 g/mol. The van der Waals surface area contributed by atoms with Crippen molar-refractivity contribution >= 4 is 0 Å². The van der Waals surface area contributed by atoms with Crippen molar-refractivity contribution in [2.24, 2.45) is 0 Å². The normalized spacial score (nSPS) is 10.9. The fourth-order valence-electron chi connectivity index (χ4n) is 2.10. The Labute approximate surface area is 104 Å². The molecule has 98 valence electrons. The number of rotatable bonds is 9. The highest BCUT2D eigenvalue weighted by molar-refractivity contribution is 4.81. The summed E-state index contributed by atoms with van der Waals surface area (Å²) in [6, 6.07) is 0. The quantitative estimate of drug-likeness (QED) is 0.606. The first kappa shape index (κ1) is 14.1. The summed E-state index contributed by atoms with van der Waals surface area (Å²) in [7, 11) is 0. The first-order valence-corrected chi connectivity index (χ1v) is 7.05. The lowest BCUT2D eigenvalue weighted by molar-refractivity contribution is 0.537. The third-order valence-corrected chi connectivity index (χ3v) is 3.14. The maximum absolute atomic E-state index is 11.9. The molecule has 1 aromatic rings. The molecule has 1 aromatic heterocycles. The minimum absolute atomic E-state index is 0.153. The highest BCUT2D eigenvalue weighted by atomic mass is 16.1. The van der Waals surface area contributed by atoms with E-state index in [1.807, 2.05) is 17.0 Å². The Bertz CT molecular complexity index is 351. The summed E-state index contributed by atoms with van der Waals surface area (Å²) in [4.78, 5) is 11.9. The Morgan fingerprint density at radius 2 is 1.41 bits per heavy atom. The van der Waals surface area contributed by atoms with Gasteiger partial charge in [-0.1, -0.05) is 46.0 Å². The van der Waals surface area contributed by atoms with Crippen LogP contribution in [-0.4, -0.2) is 9.13 Å². The number of aromatic nitrogens is 2. The molecule has 0 atom stereocenters. The van der Waals surface area contributed by atoms with E-state index in [0.717, 1.165) is 25.9 Å². The van der Waals surface area contributed by atoms with E-state index in [1.54, 1.807) is 4.57 Å². The van der Waals surface area contributed by atoms with Gasteiger partial charge in [-0.2, -0.15) is 0 Å². The summed E-state index contributed by atoms with van der Waals surface area (Å²) in [5, 5.41) is 0. The SMILES string of the molecule is CCCCCCCCn1ccn(CCC)c1=O. The van der Waals surface area contributed by atoms with Gasteiger partial charge in [0.2, 0.25) is 0 Å². The first-order chi connectivity index (χ1) is 8.29. The maximum Gasteiger partial charge on any atom is 0.328 e. The van der Waals surface area contributed by atoms with Gasteiger partial charge in [-0.05, 0) is 12.8 Å². The van der Waals surface area contributed by atoms with Crippen LogP contribution >= 0.6 is 0 Å². The fraction of sp³-hybridized carbons (Fsp3) is 0.786. The number of nitrogens with zero attached hydrogens (tertiary/aromatic N) is 2. The second-order valence-corrected chi connectivity index (χ2v) is 4.74. The summed E-state index contributed by atoms with van der Waals surface area (Å²) in [5.74, 6) is 0. The Hall–Kier alpha value is -0.990. The molecule has 0 aliphatic carbocycles. The second-order valence-electron chi connectivity index (χ2n) is 4.74. The van der Waals surface area contributed by atoms with Crippen LogP contribution in [0.25, 0.3) is 0 Å². The number of imidazole rings is 1. The van der Waals surface area contributed by atoms with Gasteiger partial charge in [-0.25, -0.2) is 4.79 Å². The molecule has 17 heavy (non-hydrogen) atoms. The lowest BCUT2D eigenvalue weighted by atomic mass is 10.1. The molecule has 0 fully saturated rings. The molecule has 0 amide bonds. The Morgan fingerprint density at radius 3 is 2.06 bits per heavy atom. The molecule has 0 N–H and O–H groups in total. The predicted molar refractivity (Wildman–Crippen MR) is 72.4 cm³/mol. The lowest BCUT2D eigenvalue weighted by Gasteiger charge is -2.02. The van der Waals surface area contributed by atoms with Crippen LogP contribution in [0.1, 0.15) is 58.8 Å². The zero-order valence-electron chi connectivity index (χ0n) is 11.3.